The lowest BCUT2D eigenvalue weighted by molar-refractivity contribution is 0.302. The minimum atomic E-state index is 0.564. The molecule has 1 heterocycles. The van der Waals surface area contributed by atoms with Crippen LogP contribution in [0.25, 0.3) is 10.9 Å². The molecule has 0 amide bonds. The molecule has 0 unspecified atom stereocenters. The third-order valence-corrected chi connectivity index (χ3v) is 3.64. The molecule has 0 fully saturated rings. The fraction of sp³-hybridized carbons (Fsp3) is 0.222. The second kappa shape index (κ2) is 6.46. The Hall–Kier alpha value is -2.26. The van der Waals surface area contributed by atoms with E-state index in [0.29, 0.717) is 13.2 Å². The lowest BCUT2D eigenvalue weighted by Crippen LogP contribution is -2.10. The molecule has 3 heteroatoms. The molecule has 0 saturated carbocycles. The van der Waals surface area contributed by atoms with Crippen LogP contribution in [0.4, 0.5) is 0 Å². The predicted octanol–water partition coefficient (Wildman–Crippen LogP) is 3.57. The summed E-state index contributed by atoms with van der Waals surface area (Å²) in [5.41, 5.74) is 8.28. The molecular formula is C18H20N2O. The largest absolute Gasteiger partial charge is 0.494 e. The summed E-state index contributed by atoms with van der Waals surface area (Å²) < 4.78 is 8.04. The summed E-state index contributed by atoms with van der Waals surface area (Å²) in [7, 11) is 0. The van der Waals surface area contributed by atoms with Crippen LogP contribution in [0.1, 0.15) is 12.1 Å². The van der Waals surface area contributed by atoms with E-state index in [9.17, 15) is 0 Å². The van der Waals surface area contributed by atoms with Crippen molar-refractivity contribution >= 4 is 10.9 Å². The van der Waals surface area contributed by atoms with Crippen LogP contribution in [-0.2, 0) is 13.1 Å². The van der Waals surface area contributed by atoms with Crippen LogP contribution in [0.2, 0.25) is 0 Å². The standard InChI is InChI=1S/C18H20N2O/c19-14-16-13-15-7-4-5-10-18(15)20(16)11-6-12-21-17-8-2-1-3-9-17/h1-5,7-10,13H,6,11-12,14,19H2. The summed E-state index contributed by atoms with van der Waals surface area (Å²) in [6.45, 7) is 2.20. The van der Waals surface area contributed by atoms with Crippen LogP contribution in [-0.4, -0.2) is 11.2 Å². The van der Waals surface area contributed by atoms with Crippen molar-refractivity contribution in [3.63, 3.8) is 0 Å². The van der Waals surface area contributed by atoms with Crippen LogP contribution in [0.15, 0.2) is 60.7 Å². The number of nitrogens with zero attached hydrogens (tertiary/aromatic N) is 1. The topological polar surface area (TPSA) is 40.2 Å². The van der Waals surface area contributed by atoms with Gasteiger partial charge in [0.2, 0.25) is 0 Å². The van der Waals surface area contributed by atoms with Crippen LogP contribution in [0, 0.1) is 0 Å². The zero-order valence-electron chi connectivity index (χ0n) is 12.0. The Morgan fingerprint density at radius 3 is 2.52 bits per heavy atom. The van der Waals surface area contributed by atoms with E-state index in [1.165, 1.54) is 16.6 Å². The zero-order valence-corrected chi connectivity index (χ0v) is 12.0. The van der Waals surface area contributed by atoms with E-state index in [2.05, 4.69) is 34.9 Å². The third-order valence-electron chi connectivity index (χ3n) is 3.64. The summed E-state index contributed by atoms with van der Waals surface area (Å²) in [4.78, 5) is 0. The van der Waals surface area contributed by atoms with Gasteiger partial charge in [0.05, 0.1) is 6.61 Å². The van der Waals surface area contributed by atoms with Crippen molar-refractivity contribution in [1.29, 1.82) is 0 Å². The lowest BCUT2D eigenvalue weighted by Gasteiger charge is -2.10. The summed E-state index contributed by atoms with van der Waals surface area (Å²) >= 11 is 0. The SMILES string of the molecule is NCc1cc2ccccc2n1CCCOc1ccccc1. The molecular weight excluding hydrogens is 260 g/mol. The van der Waals surface area contributed by atoms with Gasteiger partial charge < -0.3 is 15.0 Å². The van der Waals surface area contributed by atoms with Gasteiger partial charge in [0.15, 0.2) is 0 Å². The van der Waals surface area contributed by atoms with Gasteiger partial charge in [-0.15, -0.1) is 0 Å². The highest BCUT2D eigenvalue weighted by molar-refractivity contribution is 5.81. The monoisotopic (exact) mass is 280 g/mol. The molecule has 0 atom stereocenters. The van der Waals surface area contributed by atoms with Crippen LogP contribution in [0.3, 0.4) is 0 Å². The van der Waals surface area contributed by atoms with Gasteiger partial charge in [0.25, 0.3) is 0 Å². The molecule has 0 saturated heterocycles. The smallest absolute Gasteiger partial charge is 0.119 e. The van der Waals surface area contributed by atoms with E-state index in [4.69, 9.17) is 10.5 Å². The molecule has 0 spiro atoms. The van der Waals surface area contributed by atoms with Crippen LogP contribution < -0.4 is 10.5 Å². The second-order valence-corrected chi connectivity index (χ2v) is 5.07. The first-order chi connectivity index (χ1) is 10.4. The average Bonchev–Trinajstić information content (AvgIpc) is 2.90. The predicted molar refractivity (Wildman–Crippen MR) is 86.4 cm³/mol. The number of para-hydroxylation sites is 2. The molecule has 3 aromatic rings. The number of hydrogen-bond donors (Lipinski definition) is 1. The van der Waals surface area contributed by atoms with Crippen LogP contribution in [0.5, 0.6) is 5.75 Å². The molecule has 0 aliphatic rings. The van der Waals surface area contributed by atoms with Gasteiger partial charge in [-0.25, -0.2) is 0 Å². The Morgan fingerprint density at radius 2 is 1.71 bits per heavy atom. The van der Waals surface area contributed by atoms with Crippen molar-refractivity contribution in [2.24, 2.45) is 5.73 Å². The molecule has 0 bridgehead atoms. The van der Waals surface area contributed by atoms with E-state index in [0.717, 1.165) is 18.7 Å². The van der Waals surface area contributed by atoms with Gasteiger partial charge in [0.1, 0.15) is 5.75 Å². The second-order valence-electron chi connectivity index (χ2n) is 5.07. The molecule has 2 N–H and O–H groups in total. The first-order valence-electron chi connectivity index (χ1n) is 7.33. The molecule has 0 aliphatic carbocycles. The number of benzene rings is 2. The molecule has 2 aromatic carbocycles. The zero-order chi connectivity index (χ0) is 14.5. The molecule has 1 aromatic heterocycles. The normalized spacial score (nSPS) is 10.9. The minimum absolute atomic E-state index is 0.564. The van der Waals surface area contributed by atoms with Gasteiger partial charge >= 0.3 is 0 Å². The number of ether oxygens (including phenoxy) is 1. The number of rotatable bonds is 6. The quantitative estimate of drug-likeness (QED) is 0.701. The van der Waals surface area contributed by atoms with Gasteiger partial charge in [-0.1, -0.05) is 36.4 Å². The number of fused-ring (bicyclic) bond motifs is 1. The molecule has 21 heavy (non-hydrogen) atoms. The van der Waals surface area contributed by atoms with Crippen LogP contribution >= 0.6 is 0 Å². The van der Waals surface area contributed by atoms with E-state index in [1.54, 1.807) is 0 Å². The molecule has 0 aliphatic heterocycles. The fourth-order valence-corrected chi connectivity index (χ4v) is 2.63. The number of hydrogen-bond acceptors (Lipinski definition) is 2. The lowest BCUT2D eigenvalue weighted by atomic mass is 10.2. The Morgan fingerprint density at radius 1 is 0.952 bits per heavy atom. The van der Waals surface area contributed by atoms with Gasteiger partial charge in [-0.3, -0.25) is 0 Å². The number of aromatic nitrogens is 1. The maximum absolute atomic E-state index is 5.86. The third kappa shape index (κ3) is 3.09. The summed E-state index contributed by atoms with van der Waals surface area (Å²) in [5.74, 6) is 0.925. The minimum Gasteiger partial charge on any atom is -0.494 e. The fourth-order valence-electron chi connectivity index (χ4n) is 2.63. The van der Waals surface area contributed by atoms with Gasteiger partial charge in [-0.05, 0) is 36.1 Å². The number of aryl methyl sites for hydroxylation is 1. The first kappa shape index (κ1) is 13.7. The van der Waals surface area contributed by atoms with Crippen molar-refractivity contribution in [1.82, 2.24) is 4.57 Å². The summed E-state index contributed by atoms with van der Waals surface area (Å²) in [6, 6.07) is 20.5. The Bertz CT molecular complexity index is 704. The first-order valence-corrected chi connectivity index (χ1v) is 7.33. The highest BCUT2D eigenvalue weighted by atomic mass is 16.5. The van der Waals surface area contributed by atoms with Gasteiger partial charge in [-0.2, -0.15) is 0 Å². The van der Waals surface area contributed by atoms with Crippen molar-refractivity contribution in [2.45, 2.75) is 19.5 Å². The van der Waals surface area contributed by atoms with Crippen molar-refractivity contribution in [3.05, 3.63) is 66.4 Å². The summed E-state index contributed by atoms with van der Waals surface area (Å²) in [6.07, 6.45) is 0.959. The van der Waals surface area contributed by atoms with E-state index in [1.807, 2.05) is 30.3 Å². The maximum atomic E-state index is 5.86. The molecule has 108 valence electrons. The average molecular weight is 280 g/mol. The number of nitrogens with two attached hydrogens (primary N) is 1. The van der Waals surface area contributed by atoms with Crippen molar-refractivity contribution < 1.29 is 4.74 Å². The molecule has 3 nitrogen and oxygen atoms in total. The maximum Gasteiger partial charge on any atom is 0.119 e. The Kier molecular flexibility index (Phi) is 4.22. The molecule has 3 rings (SSSR count). The Labute approximate surface area is 125 Å². The van der Waals surface area contributed by atoms with E-state index >= 15 is 0 Å². The van der Waals surface area contributed by atoms with E-state index in [-0.39, 0.29) is 0 Å². The van der Waals surface area contributed by atoms with Gasteiger partial charge in [0, 0.05) is 24.3 Å². The highest BCUT2D eigenvalue weighted by Crippen LogP contribution is 2.20. The van der Waals surface area contributed by atoms with E-state index < -0.39 is 0 Å². The summed E-state index contributed by atoms with van der Waals surface area (Å²) in [5, 5.41) is 1.25. The van der Waals surface area contributed by atoms with Crippen molar-refractivity contribution in [2.75, 3.05) is 6.61 Å². The molecule has 0 radical (unpaired) electrons. The Balaban J connectivity index is 1.65. The van der Waals surface area contributed by atoms with Crippen molar-refractivity contribution in [3.8, 4) is 5.75 Å². The highest BCUT2D eigenvalue weighted by Gasteiger charge is 2.06.